The summed E-state index contributed by atoms with van der Waals surface area (Å²) >= 11 is 0. The van der Waals surface area contributed by atoms with Crippen LogP contribution in [0.15, 0.2) is 35.1 Å². The molecule has 1 aromatic carbocycles. The van der Waals surface area contributed by atoms with E-state index in [1.807, 2.05) is 20.8 Å². The third kappa shape index (κ3) is 2.64. The summed E-state index contributed by atoms with van der Waals surface area (Å²) < 4.78 is 39.9. The zero-order valence-corrected chi connectivity index (χ0v) is 11.4. The molecule has 0 spiro atoms. The number of rotatable bonds is 1. The van der Waals surface area contributed by atoms with Crippen LogP contribution in [-0.4, -0.2) is 9.78 Å². The van der Waals surface area contributed by atoms with Crippen LogP contribution in [0, 0.1) is 0 Å². The average molecular weight is 284 g/mol. The first-order valence-electron chi connectivity index (χ1n) is 6.10. The molecule has 0 saturated heterocycles. The number of hydrogen-bond donors (Lipinski definition) is 1. The first-order chi connectivity index (χ1) is 9.10. The number of para-hydroxylation sites is 1. The SMILES string of the molecule is CC(C)(C)c1cc(=O)n(-c2ccccc2C(F)(F)F)[nH]1. The summed E-state index contributed by atoms with van der Waals surface area (Å²) in [7, 11) is 0. The Bertz CT molecular complexity index is 675. The van der Waals surface area contributed by atoms with Crippen LogP contribution in [0.3, 0.4) is 0 Å². The Hall–Kier alpha value is -1.98. The van der Waals surface area contributed by atoms with Crippen molar-refractivity contribution in [1.29, 1.82) is 0 Å². The lowest BCUT2D eigenvalue weighted by Gasteiger charge is -2.16. The molecule has 0 aliphatic heterocycles. The maximum absolute atomic E-state index is 13.0. The van der Waals surface area contributed by atoms with E-state index in [1.54, 1.807) is 0 Å². The van der Waals surface area contributed by atoms with Crippen LogP contribution in [-0.2, 0) is 11.6 Å². The fraction of sp³-hybridized carbons (Fsp3) is 0.357. The van der Waals surface area contributed by atoms with Crippen molar-refractivity contribution in [3.8, 4) is 5.69 Å². The van der Waals surface area contributed by atoms with Crippen LogP contribution < -0.4 is 5.56 Å². The van der Waals surface area contributed by atoms with Crippen molar-refractivity contribution in [2.45, 2.75) is 32.4 Å². The molecule has 0 saturated carbocycles. The third-order valence-electron chi connectivity index (χ3n) is 2.98. The molecule has 1 aromatic heterocycles. The number of nitrogens with one attached hydrogen (secondary N) is 1. The summed E-state index contributed by atoms with van der Waals surface area (Å²) in [4.78, 5) is 11.9. The average Bonchev–Trinajstić information content (AvgIpc) is 2.70. The van der Waals surface area contributed by atoms with E-state index < -0.39 is 17.3 Å². The van der Waals surface area contributed by atoms with Crippen molar-refractivity contribution in [2.75, 3.05) is 0 Å². The lowest BCUT2D eigenvalue weighted by molar-refractivity contribution is -0.137. The highest BCUT2D eigenvalue weighted by Crippen LogP contribution is 2.33. The van der Waals surface area contributed by atoms with Gasteiger partial charge < -0.3 is 0 Å². The van der Waals surface area contributed by atoms with Crippen molar-refractivity contribution in [1.82, 2.24) is 9.78 Å². The Morgan fingerprint density at radius 1 is 1.10 bits per heavy atom. The molecule has 20 heavy (non-hydrogen) atoms. The summed E-state index contributed by atoms with van der Waals surface area (Å²) in [5.41, 5.74) is -1.31. The molecular formula is C14H15F3N2O. The molecule has 0 aliphatic carbocycles. The van der Waals surface area contributed by atoms with Crippen molar-refractivity contribution < 1.29 is 13.2 Å². The second-order valence-corrected chi connectivity index (χ2v) is 5.61. The molecule has 0 aliphatic rings. The molecule has 3 nitrogen and oxygen atoms in total. The molecule has 2 rings (SSSR count). The van der Waals surface area contributed by atoms with E-state index in [2.05, 4.69) is 5.10 Å². The summed E-state index contributed by atoms with van der Waals surface area (Å²) in [6.07, 6.45) is -4.51. The van der Waals surface area contributed by atoms with E-state index >= 15 is 0 Å². The Morgan fingerprint density at radius 2 is 1.70 bits per heavy atom. The molecule has 0 fully saturated rings. The van der Waals surface area contributed by atoms with Crippen LogP contribution in [0.1, 0.15) is 32.0 Å². The van der Waals surface area contributed by atoms with Gasteiger partial charge in [0, 0.05) is 17.2 Å². The number of alkyl halides is 3. The minimum absolute atomic E-state index is 0.194. The van der Waals surface area contributed by atoms with Crippen LogP contribution in [0.2, 0.25) is 0 Å². The van der Waals surface area contributed by atoms with Crippen molar-refractivity contribution >= 4 is 0 Å². The summed E-state index contributed by atoms with van der Waals surface area (Å²) in [6.45, 7) is 5.62. The highest BCUT2D eigenvalue weighted by molar-refractivity contribution is 5.42. The molecule has 0 atom stereocenters. The van der Waals surface area contributed by atoms with E-state index in [0.29, 0.717) is 5.69 Å². The quantitative estimate of drug-likeness (QED) is 0.855. The minimum atomic E-state index is -4.51. The van der Waals surface area contributed by atoms with Gasteiger partial charge in [-0.25, -0.2) is 4.68 Å². The van der Waals surface area contributed by atoms with Gasteiger partial charge in [0.2, 0.25) is 0 Å². The van der Waals surface area contributed by atoms with Crippen LogP contribution >= 0.6 is 0 Å². The van der Waals surface area contributed by atoms with Gasteiger partial charge in [0.15, 0.2) is 0 Å². The highest BCUT2D eigenvalue weighted by atomic mass is 19.4. The number of aromatic nitrogens is 2. The predicted octanol–water partition coefficient (Wildman–Crippen LogP) is 3.48. The smallest absolute Gasteiger partial charge is 0.294 e. The van der Waals surface area contributed by atoms with E-state index in [-0.39, 0.29) is 11.1 Å². The lowest BCUT2D eigenvalue weighted by atomic mass is 9.93. The van der Waals surface area contributed by atoms with Crippen molar-refractivity contribution in [2.24, 2.45) is 0 Å². The van der Waals surface area contributed by atoms with Gasteiger partial charge in [-0.3, -0.25) is 9.89 Å². The topological polar surface area (TPSA) is 37.8 Å². The number of benzene rings is 1. The molecule has 1 heterocycles. The number of aromatic amines is 1. The summed E-state index contributed by atoms with van der Waals surface area (Å²) in [5, 5.41) is 2.75. The lowest BCUT2D eigenvalue weighted by Crippen LogP contribution is -2.19. The molecule has 0 unspecified atom stereocenters. The van der Waals surface area contributed by atoms with Gasteiger partial charge in [-0.1, -0.05) is 32.9 Å². The fourth-order valence-electron chi connectivity index (χ4n) is 1.87. The second-order valence-electron chi connectivity index (χ2n) is 5.61. The van der Waals surface area contributed by atoms with Gasteiger partial charge in [-0.05, 0) is 12.1 Å². The summed E-state index contributed by atoms with van der Waals surface area (Å²) in [6, 6.07) is 6.32. The van der Waals surface area contributed by atoms with E-state index in [0.717, 1.165) is 10.7 Å². The van der Waals surface area contributed by atoms with Crippen molar-refractivity contribution in [3.05, 3.63) is 51.9 Å². The highest BCUT2D eigenvalue weighted by Gasteiger charge is 2.34. The number of nitrogens with zero attached hydrogens (tertiary/aromatic N) is 1. The number of halogens is 3. The van der Waals surface area contributed by atoms with Crippen LogP contribution in [0.5, 0.6) is 0 Å². The number of hydrogen-bond acceptors (Lipinski definition) is 1. The van der Waals surface area contributed by atoms with Crippen LogP contribution in [0.4, 0.5) is 13.2 Å². The molecule has 0 radical (unpaired) electrons. The molecule has 6 heteroatoms. The van der Waals surface area contributed by atoms with E-state index in [1.165, 1.54) is 24.3 Å². The van der Waals surface area contributed by atoms with Gasteiger partial charge in [0.1, 0.15) is 0 Å². The van der Waals surface area contributed by atoms with Gasteiger partial charge in [0.05, 0.1) is 11.3 Å². The van der Waals surface area contributed by atoms with Gasteiger partial charge in [-0.15, -0.1) is 0 Å². The third-order valence-corrected chi connectivity index (χ3v) is 2.98. The first kappa shape index (κ1) is 14.4. The fourth-order valence-corrected chi connectivity index (χ4v) is 1.87. The normalized spacial score (nSPS) is 12.7. The molecule has 108 valence electrons. The Balaban J connectivity index is 2.65. The molecule has 0 bridgehead atoms. The van der Waals surface area contributed by atoms with Gasteiger partial charge in [0.25, 0.3) is 5.56 Å². The predicted molar refractivity (Wildman–Crippen MR) is 70.1 cm³/mol. The summed E-state index contributed by atoms with van der Waals surface area (Å²) in [5.74, 6) is 0. The number of H-pyrrole nitrogens is 1. The van der Waals surface area contributed by atoms with E-state index in [4.69, 9.17) is 0 Å². The maximum atomic E-state index is 13.0. The molecular weight excluding hydrogens is 269 g/mol. The second kappa shape index (κ2) is 4.54. The van der Waals surface area contributed by atoms with E-state index in [9.17, 15) is 18.0 Å². The largest absolute Gasteiger partial charge is 0.418 e. The Kier molecular flexibility index (Phi) is 3.28. The Labute approximate surface area is 114 Å². The zero-order valence-electron chi connectivity index (χ0n) is 11.4. The standard InChI is InChI=1S/C14H15F3N2O/c1-13(2,3)11-8-12(20)19(18-11)10-7-5-4-6-9(10)14(15,16)17/h4-8,18H,1-3H3. The van der Waals surface area contributed by atoms with Gasteiger partial charge in [-0.2, -0.15) is 13.2 Å². The van der Waals surface area contributed by atoms with Crippen LogP contribution in [0.25, 0.3) is 5.69 Å². The monoisotopic (exact) mass is 284 g/mol. The first-order valence-corrected chi connectivity index (χ1v) is 6.10. The van der Waals surface area contributed by atoms with Crippen molar-refractivity contribution in [3.63, 3.8) is 0 Å². The molecule has 1 N–H and O–H groups in total. The van der Waals surface area contributed by atoms with Gasteiger partial charge >= 0.3 is 6.18 Å². The maximum Gasteiger partial charge on any atom is 0.418 e. The zero-order chi connectivity index (χ0) is 15.1. The molecule has 0 amide bonds. The Morgan fingerprint density at radius 3 is 2.20 bits per heavy atom. The molecule has 2 aromatic rings. The minimum Gasteiger partial charge on any atom is -0.294 e.